The third-order valence-electron chi connectivity index (χ3n) is 3.74. The molecule has 3 aromatic rings. The Morgan fingerprint density at radius 1 is 1.24 bits per heavy atom. The number of nitrogens with one attached hydrogen (secondary N) is 2. The average molecular weight is 395 g/mol. The standard InChI is InChI=1S/C18H17Cl2N3OS/c1-23(11-18-22-15-4-2-3-5-16(15)25-18)10-17(24)21-9-12-6-7-13(19)8-14(12)20/h2-8H,9-11H2,1H3,(H,21,24)/p+1. The molecule has 0 aliphatic rings. The van der Waals surface area contributed by atoms with Crippen molar-refractivity contribution >= 4 is 50.7 Å². The molecule has 25 heavy (non-hydrogen) atoms. The quantitative estimate of drug-likeness (QED) is 0.674. The van der Waals surface area contributed by atoms with Crippen LogP contribution in [0.5, 0.6) is 0 Å². The lowest BCUT2D eigenvalue weighted by molar-refractivity contribution is -0.885. The number of nitrogens with zero attached hydrogens (tertiary/aromatic N) is 1. The van der Waals surface area contributed by atoms with E-state index < -0.39 is 0 Å². The highest BCUT2D eigenvalue weighted by atomic mass is 35.5. The van der Waals surface area contributed by atoms with Crippen LogP contribution in [0, 0.1) is 0 Å². The van der Waals surface area contributed by atoms with Crippen LogP contribution in [-0.2, 0) is 17.9 Å². The molecule has 0 spiro atoms. The minimum atomic E-state index is -0.0235. The number of hydrogen-bond acceptors (Lipinski definition) is 3. The maximum atomic E-state index is 12.1. The van der Waals surface area contributed by atoms with Gasteiger partial charge in [0, 0.05) is 16.6 Å². The van der Waals surface area contributed by atoms with E-state index in [9.17, 15) is 4.79 Å². The Bertz CT molecular complexity index is 864. The van der Waals surface area contributed by atoms with Crippen LogP contribution in [0.15, 0.2) is 42.5 Å². The van der Waals surface area contributed by atoms with Gasteiger partial charge in [0.25, 0.3) is 5.91 Å². The van der Waals surface area contributed by atoms with Gasteiger partial charge in [-0.15, -0.1) is 11.3 Å². The minimum Gasteiger partial charge on any atom is -0.347 e. The number of para-hydroxylation sites is 1. The zero-order chi connectivity index (χ0) is 17.8. The first-order valence-electron chi connectivity index (χ1n) is 7.87. The Labute approximate surface area is 160 Å². The number of carbonyl (C=O) groups excluding carboxylic acids is 1. The van der Waals surface area contributed by atoms with E-state index in [1.807, 2.05) is 31.3 Å². The van der Waals surface area contributed by atoms with Crippen molar-refractivity contribution in [2.24, 2.45) is 0 Å². The van der Waals surface area contributed by atoms with Crippen molar-refractivity contribution in [2.45, 2.75) is 13.1 Å². The lowest BCUT2D eigenvalue weighted by Gasteiger charge is -2.12. The predicted molar refractivity (Wildman–Crippen MR) is 103 cm³/mol. The number of carbonyl (C=O) groups is 1. The molecule has 0 saturated carbocycles. The summed E-state index contributed by atoms with van der Waals surface area (Å²) in [6.07, 6.45) is 0. The van der Waals surface area contributed by atoms with Gasteiger partial charge in [-0.05, 0) is 29.8 Å². The SMILES string of the molecule is C[NH+](CC(=O)NCc1ccc(Cl)cc1Cl)Cc1nc2ccccc2s1. The van der Waals surface area contributed by atoms with Gasteiger partial charge in [-0.1, -0.05) is 41.4 Å². The second-order valence-electron chi connectivity index (χ2n) is 5.90. The van der Waals surface area contributed by atoms with Gasteiger partial charge >= 0.3 is 0 Å². The summed E-state index contributed by atoms with van der Waals surface area (Å²) in [7, 11) is 1.99. The van der Waals surface area contributed by atoms with Crippen molar-refractivity contribution in [1.82, 2.24) is 10.3 Å². The molecule has 1 heterocycles. The second-order valence-corrected chi connectivity index (χ2v) is 7.86. The molecule has 3 rings (SSSR count). The maximum Gasteiger partial charge on any atom is 0.275 e. The van der Waals surface area contributed by atoms with Crippen LogP contribution in [0.4, 0.5) is 0 Å². The highest BCUT2D eigenvalue weighted by molar-refractivity contribution is 7.18. The fourth-order valence-corrected chi connectivity index (χ4v) is 4.07. The molecule has 4 nitrogen and oxygen atoms in total. The van der Waals surface area contributed by atoms with Crippen molar-refractivity contribution < 1.29 is 9.69 Å². The largest absolute Gasteiger partial charge is 0.347 e. The molecule has 0 aliphatic heterocycles. The van der Waals surface area contributed by atoms with Crippen LogP contribution in [-0.4, -0.2) is 24.5 Å². The third-order valence-corrected chi connectivity index (χ3v) is 5.37. The number of quaternary nitrogens is 1. The van der Waals surface area contributed by atoms with Gasteiger partial charge in [0.2, 0.25) is 0 Å². The first-order chi connectivity index (χ1) is 12.0. The molecule has 130 valence electrons. The molecule has 0 bridgehead atoms. The molecule has 0 aliphatic carbocycles. The van der Waals surface area contributed by atoms with Gasteiger partial charge in [-0.25, -0.2) is 4.98 Å². The van der Waals surface area contributed by atoms with Crippen LogP contribution < -0.4 is 10.2 Å². The fourth-order valence-electron chi connectivity index (χ4n) is 2.51. The number of thiazole rings is 1. The Morgan fingerprint density at radius 3 is 2.80 bits per heavy atom. The normalized spacial score (nSPS) is 12.3. The van der Waals surface area contributed by atoms with E-state index in [1.165, 1.54) is 4.70 Å². The van der Waals surface area contributed by atoms with Crippen LogP contribution in [0.1, 0.15) is 10.6 Å². The number of halogens is 2. The maximum absolute atomic E-state index is 12.1. The van der Waals surface area contributed by atoms with Crippen LogP contribution in [0.25, 0.3) is 10.2 Å². The number of amides is 1. The summed E-state index contributed by atoms with van der Waals surface area (Å²) >= 11 is 13.7. The van der Waals surface area contributed by atoms with Gasteiger partial charge in [-0.2, -0.15) is 0 Å². The lowest BCUT2D eigenvalue weighted by Crippen LogP contribution is -3.08. The van der Waals surface area contributed by atoms with E-state index in [1.54, 1.807) is 23.5 Å². The molecule has 2 N–H and O–H groups in total. The zero-order valence-corrected chi connectivity index (χ0v) is 16.0. The van der Waals surface area contributed by atoms with E-state index in [2.05, 4.69) is 16.4 Å². The van der Waals surface area contributed by atoms with Crippen molar-refractivity contribution in [1.29, 1.82) is 0 Å². The van der Waals surface area contributed by atoms with Crippen molar-refractivity contribution in [3.05, 3.63) is 63.1 Å². The van der Waals surface area contributed by atoms with Gasteiger partial charge in [0.15, 0.2) is 6.54 Å². The fraction of sp³-hybridized carbons (Fsp3) is 0.222. The smallest absolute Gasteiger partial charge is 0.275 e. The molecule has 7 heteroatoms. The van der Waals surface area contributed by atoms with Crippen LogP contribution in [0.2, 0.25) is 10.0 Å². The molecule has 0 fully saturated rings. The Morgan fingerprint density at radius 2 is 2.04 bits per heavy atom. The summed E-state index contributed by atoms with van der Waals surface area (Å²) in [5.74, 6) is -0.0235. The number of hydrogen-bond donors (Lipinski definition) is 2. The van der Waals surface area contributed by atoms with Gasteiger partial charge in [-0.3, -0.25) is 4.79 Å². The van der Waals surface area contributed by atoms with Crippen LogP contribution >= 0.6 is 34.5 Å². The second kappa shape index (κ2) is 8.15. The summed E-state index contributed by atoms with van der Waals surface area (Å²) in [5, 5.41) is 5.07. The molecule has 1 aromatic heterocycles. The lowest BCUT2D eigenvalue weighted by atomic mass is 10.2. The highest BCUT2D eigenvalue weighted by Crippen LogP contribution is 2.21. The van der Waals surface area contributed by atoms with E-state index in [4.69, 9.17) is 23.2 Å². The summed E-state index contributed by atoms with van der Waals surface area (Å²) < 4.78 is 1.17. The number of likely N-dealkylation sites (N-methyl/N-ethyl adjacent to an activating group) is 1. The first-order valence-corrected chi connectivity index (χ1v) is 9.45. The summed E-state index contributed by atoms with van der Waals surface area (Å²) in [4.78, 5) is 17.8. The predicted octanol–water partition coefficient (Wildman–Crippen LogP) is 2.93. The average Bonchev–Trinajstić information content (AvgIpc) is 2.95. The summed E-state index contributed by atoms with van der Waals surface area (Å²) in [5.41, 5.74) is 1.86. The zero-order valence-electron chi connectivity index (χ0n) is 13.7. The van der Waals surface area contributed by atoms with Crippen LogP contribution in [0.3, 0.4) is 0 Å². The van der Waals surface area contributed by atoms with E-state index in [0.717, 1.165) is 21.0 Å². The number of aromatic nitrogens is 1. The molecule has 1 unspecified atom stereocenters. The molecule has 0 radical (unpaired) electrons. The molecule has 1 atom stereocenters. The Balaban J connectivity index is 1.51. The van der Waals surface area contributed by atoms with Gasteiger partial charge < -0.3 is 10.2 Å². The number of rotatable bonds is 6. The summed E-state index contributed by atoms with van der Waals surface area (Å²) in [6, 6.07) is 13.3. The van der Waals surface area contributed by atoms with Crippen molar-refractivity contribution in [3.63, 3.8) is 0 Å². The highest BCUT2D eigenvalue weighted by Gasteiger charge is 2.13. The Hall–Kier alpha value is -1.66. The van der Waals surface area contributed by atoms with Gasteiger partial charge in [0.05, 0.1) is 17.3 Å². The van der Waals surface area contributed by atoms with Crippen molar-refractivity contribution in [2.75, 3.05) is 13.6 Å². The number of benzene rings is 2. The van der Waals surface area contributed by atoms with Crippen molar-refractivity contribution in [3.8, 4) is 0 Å². The first kappa shape index (κ1) is 18.1. The monoisotopic (exact) mass is 394 g/mol. The van der Waals surface area contributed by atoms with Gasteiger partial charge in [0.1, 0.15) is 11.6 Å². The molecular weight excluding hydrogens is 377 g/mol. The Kier molecular flexibility index (Phi) is 5.91. The topological polar surface area (TPSA) is 46.4 Å². The summed E-state index contributed by atoms with van der Waals surface area (Å²) in [6.45, 7) is 1.48. The number of fused-ring (bicyclic) bond motifs is 1. The third kappa shape index (κ3) is 4.92. The van der Waals surface area contributed by atoms with E-state index in [0.29, 0.717) is 29.7 Å². The molecule has 2 aromatic carbocycles. The molecule has 0 saturated heterocycles. The molecule has 1 amide bonds. The van der Waals surface area contributed by atoms with E-state index >= 15 is 0 Å². The van der Waals surface area contributed by atoms with E-state index in [-0.39, 0.29) is 5.91 Å². The molecular formula is C18H18Cl2N3OS+. The minimum absolute atomic E-state index is 0.0235.